The molecule has 1 aromatic carbocycles. The number of hydrogen-bond acceptors (Lipinski definition) is 6. The molecule has 0 atom stereocenters. The Bertz CT molecular complexity index is 539. The van der Waals surface area contributed by atoms with Gasteiger partial charge in [-0.15, -0.1) is 0 Å². The van der Waals surface area contributed by atoms with E-state index in [1.54, 1.807) is 25.1 Å². The lowest BCUT2D eigenvalue weighted by Gasteiger charge is -2.11. The number of rotatable bonds is 6. The van der Waals surface area contributed by atoms with E-state index in [-0.39, 0.29) is 13.2 Å². The van der Waals surface area contributed by atoms with Crippen molar-refractivity contribution >= 4 is 0 Å². The van der Waals surface area contributed by atoms with Gasteiger partial charge in [-0.05, 0) is 24.6 Å². The van der Waals surface area contributed by atoms with Crippen molar-refractivity contribution in [3.05, 3.63) is 35.5 Å². The van der Waals surface area contributed by atoms with Crippen molar-refractivity contribution in [3.63, 3.8) is 0 Å². The summed E-state index contributed by atoms with van der Waals surface area (Å²) in [6.45, 7) is 4.29. The maximum Gasteiger partial charge on any atom is 0.223 e. The highest BCUT2D eigenvalue weighted by atomic mass is 16.5. The largest absolute Gasteiger partial charge is 0.490 e. The molecule has 2 rings (SSSR count). The van der Waals surface area contributed by atoms with E-state index >= 15 is 0 Å². The number of ether oxygens (including phenoxy) is 2. The van der Waals surface area contributed by atoms with Crippen molar-refractivity contribution < 1.29 is 19.1 Å². The van der Waals surface area contributed by atoms with Gasteiger partial charge in [0.1, 0.15) is 0 Å². The number of aryl methyl sites for hydroxylation is 1. The first-order valence-electron chi connectivity index (χ1n) is 6.01. The second-order valence-electron chi connectivity index (χ2n) is 3.89. The third-order valence-electron chi connectivity index (χ3n) is 2.42. The molecule has 6 nitrogen and oxygen atoms in total. The van der Waals surface area contributed by atoms with Crippen LogP contribution in [0.4, 0.5) is 0 Å². The topological polar surface area (TPSA) is 77.6 Å². The van der Waals surface area contributed by atoms with Gasteiger partial charge < -0.3 is 19.1 Å². The van der Waals surface area contributed by atoms with Gasteiger partial charge in [0.2, 0.25) is 11.7 Å². The second-order valence-corrected chi connectivity index (χ2v) is 3.89. The molecule has 1 N–H and O–H groups in total. The Labute approximate surface area is 111 Å². The van der Waals surface area contributed by atoms with Crippen molar-refractivity contribution in [3.8, 4) is 11.5 Å². The summed E-state index contributed by atoms with van der Waals surface area (Å²) in [5.74, 6) is 2.15. The van der Waals surface area contributed by atoms with Crippen LogP contribution in [-0.2, 0) is 13.2 Å². The van der Waals surface area contributed by atoms with Crippen molar-refractivity contribution in [2.45, 2.75) is 27.1 Å². The summed E-state index contributed by atoms with van der Waals surface area (Å²) >= 11 is 0. The molecule has 0 fully saturated rings. The van der Waals surface area contributed by atoms with Crippen LogP contribution in [0.3, 0.4) is 0 Å². The van der Waals surface area contributed by atoms with Gasteiger partial charge in [-0.2, -0.15) is 4.98 Å². The van der Waals surface area contributed by atoms with Gasteiger partial charge in [-0.1, -0.05) is 11.2 Å². The molecule has 1 heterocycles. The zero-order chi connectivity index (χ0) is 13.7. The molecule has 0 spiro atoms. The lowest BCUT2D eigenvalue weighted by atomic mass is 10.2. The standard InChI is InChI=1S/C13H16N2O4/c1-3-17-12-6-10(7-16)4-5-11(12)18-8-13-14-9(2)19-15-13/h4-6,16H,3,7-8H2,1-2H3. The fourth-order valence-corrected chi connectivity index (χ4v) is 1.58. The van der Waals surface area contributed by atoms with Crippen molar-refractivity contribution in [1.82, 2.24) is 10.1 Å². The minimum Gasteiger partial charge on any atom is -0.490 e. The zero-order valence-corrected chi connectivity index (χ0v) is 10.9. The predicted octanol–water partition coefficient (Wildman–Crippen LogP) is 1.85. The van der Waals surface area contributed by atoms with E-state index < -0.39 is 0 Å². The van der Waals surface area contributed by atoms with Crippen molar-refractivity contribution in [1.29, 1.82) is 0 Å². The molecular formula is C13H16N2O4. The molecule has 0 saturated heterocycles. The monoisotopic (exact) mass is 264 g/mol. The zero-order valence-electron chi connectivity index (χ0n) is 10.9. The highest BCUT2D eigenvalue weighted by Crippen LogP contribution is 2.29. The van der Waals surface area contributed by atoms with E-state index in [1.807, 2.05) is 6.92 Å². The molecule has 0 radical (unpaired) electrons. The van der Waals surface area contributed by atoms with Gasteiger partial charge in [0, 0.05) is 6.92 Å². The molecule has 2 aromatic rings. The fourth-order valence-electron chi connectivity index (χ4n) is 1.58. The summed E-state index contributed by atoms with van der Waals surface area (Å²) < 4.78 is 15.9. The van der Waals surface area contributed by atoms with Crippen LogP contribution in [0.1, 0.15) is 24.2 Å². The van der Waals surface area contributed by atoms with Gasteiger partial charge >= 0.3 is 0 Å². The average molecular weight is 264 g/mol. The first-order valence-corrected chi connectivity index (χ1v) is 6.01. The predicted molar refractivity (Wildman–Crippen MR) is 66.9 cm³/mol. The Kier molecular flexibility index (Phi) is 4.35. The van der Waals surface area contributed by atoms with Crippen LogP contribution in [0.25, 0.3) is 0 Å². The quantitative estimate of drug-likeness (QED) is 0.857. The molecule has 0 aliphatic carbocycles. The Hall–Kier alpha value is -2.08. The Balaban J connectivity index is 2.10. The summed E-state index contributed by atoms with van der Waals surface area (Å²) in [5.41, 5.74) is 0.770. The van der Waals surface area contributed by atoms with Gasteiger partial charge in [0.25, 0.3) is 0 Å². The maximum absolute atomic E-state index is 9.10. The van der Waals surface area contributed by atoms with Crippen molar-refractivity contribution in [2.24, 2.45) is 0 Å². The number of hydrogen-bond donors (Lipinski definition) is 1. The summed E-state index contributed by atoms with van der Waals surface area (Å²) in [6, 6.07) is 5.28. The molecule has 1 aromatic heterocycles. The first-order chi connectivity index (χ1) is 9.22. The smallest absolute Gasteiger partial charge is 0.223 e. The molecule has 19 heavy (non-hydrogen) atoms. The van der Waals surface area contributed by atoms with Crippen LogP contribution in [0.2, 0.25) is 0 Å². The number of nitrogens with zero attached hydrogens (tertiary/aromatic N) is 2. The number of aliphatic hydroxyl groups excluding tert-OH is 1. The van der Waals surface area contributed by atoms with Gasteiger partial charge in [0.15, 0.2) is 18.1 Å². The maximum atomic E-state index is 9.10. The lowest BCUT2D eigenvalue weighted by molar-refractivity contribution is 0.255. The number of benzene rings is 1. The molecular weight excluding hydrogens is 248 g/mol. The molecule has 0 amide bonds. The highest BCUT2D eigenvalue weighted by molar-refractivity contribution is 5.42. The van der Waals surface area contributed by atoms with Crippen LogP contribution < -0.4 is 9.47 Å². The summed E-state index contributed by atoms with van der Waals surface area (Å²) in [4.78, 5) is 4.05. The Morgan fingerprint density at radius 1 is 1.26 bits per heavy atom. The SMILES string of the molecule is CCOc1cc(CO)ccc1OCc1noc(C)n1. The molecule has 0 bridgehead atoms. The van der Waals surface area contributed by atoms with Crippen LogP contribution in [0, 0.1) is 6.92 Å². The van der Waals surface area contributed by atoms with Crippen LogP contribution >= 0.6 is 0 Å². The van der Waals surface area contributed by atoms with E-state index in [1.165, 1.54) is 0 Å². The highest BCUT2D eigenvalue weighted by Gasteiger charge is 2.09. The second kappa shape index (κ2) is 6.19. The molecule has 0 aliphatic heterocycles. The molecule has 0 unspecified atom stereocenters. The van der Waals surface area contributed by atoms with E-state index in [4.69, 9.17) is 19.1 Å². The number of aromatic nitrogens is 2. The lowest BCUT2D eigenvalue weighted by Crippen LogP contribution is -2.01. The Morgan fingerprint density at radius 3 is 2.74 bits per heavy atom. The molecule has 102 valence electrons. The van der Waals surface area contributed by atoms with E-state index in [2.05, 4.69) is 10.1 Å². The van der Waals surface area contributed by atoms with Gasteiger partial charge in [-0.3, -0.25) is 0 Å². The van der Waals surface area contributed by atoms with Gasteiger partial charge in [-0.25, -0.2) is 0 Å². The molecule has 0 aliphatic rings. The van der Waals surface area contributed by atoms with Crippen LogP contribution in [-0.4, -0.2) is 21.9 Å². The van der Waals surface area contributed by atoms with Gasteiger partial charge in [0.05, 0.1) is 13.2 Å². The Morgan fingerprint density at radius 2 is 2.11 bits per heavy atom. The van der Waals surface area contributed by atoms with Crippen LogP contribution in [0.15, 0.2) is 22.7 Å². The summed E-state index contributed by atoms with van der Waals surface area (Å²) in [6.07, 6.45) is 0. The average Bonchev–Trinajstić information content (AvgIpc) is 2.83. The summed E-state index contributed by atoms with van der Waals surface area (Å²) in [7, 11) is 0. The van der Waals surface area contributed by atoms with E-state index in [0.717, 1.165) is 5.56 Å². The summed E-state index contributed by atoms with van der Waals surface area (Å²) in [5, 5.41) is 12.9. The van der Waals surface area contributed by atoms with E-state index in [9.17, 15) is 0 Å². The third kappa shape index (κ3) is 3.45. The fraction of sp³-hybridized carbons (Fsp3) is 0.385. The first kappa shape index (κ1) is 13.4. The minimum absolute atomic E-state index is 0.0373. The minimum atomic E-state index is -0.0373. The van der Waals surface area contributed by atoms with Crippen LogP contribution in [0.5, 0.6) is 11.5 Å². The van der Waals surface area contributed by atoms with E-state index in [0.29, 0.717) is 29.8 Å². The van der Waals surface area contributed by atoms with Crippen molar-refractivity contribution in [2.75, 3.05) is 6.61 Å². The molecule has 6 heteroatoms. The molecule has 0 saturated carbocycles. The normalized spacial score (nSPS) is 10.5. The third-order valence-corrected chi connectivity index (χ3v) is 2.42. The number of aliphatic hydroxyl groups is 1.